The number of pyridine rings is 1. The second-order valence-corrected chi connectivity index (χ2v) is 7.22. The molecule has 3 N–H and O–H groups in total. The SMILES string of the molecule is C=C1N(C)CC[C@@]1(O)C#Cc1cccc(-c2cc(-n3cccn3)cc(C(N)=O)n2)c1. The van der Waals surface area contributed by atoms with Gasteiger partial charge in [-0.3, -0.25) is 4.79 Å². The number of rotatable bonds is 3. The normalized spacial score (nSPS) is 18.2. The topological polar surface area (TPSA) is 97.3 Å². The molecule has 0 unspecified atom stereocenters. The number of benzene rings is 1. The van der Waals surface area contributed by atoms with Gasteiger partial charge in [0.25, 0.3) is 5.91 Å². The predicted octanol–water partition coefficient (Wildman–Crippen LogP) is 1.97. The first kappa shape index (κ1) is 19.4. The molecule has 2 aromatic heterocycles. The molecule has 7 heteroatoms. The number of amides is 1. The Balaban J connectivity index is 1.72. The van der Waals surface area contributed by atoms with E-state index in [1.807, 2.05) is 42.3 Å². The largest absolute Gasteiger partial charge is 0.375 e. The number of aliphatic hydroxyl groups is 1. The predicted molar refractivity (Wildman–Crippen MR) is 114 cm³/mol. The van der Waals surface area contributed by atoms with Gasteiger partial charge in [-0.05, 0) is 30.3 Å². The van der Waals surface area contributed by atoms with Crippen LogP contribution in [0, 0.1) is 11.8 Å². The third-order valence-electron chi connectivity index (χ3n) is 5.15. The van der Waals surface area contributed by atoms with Crippen LogP contribution in [-0.4, -0.2) is 49.9 Å². The van der Waals surface area contributed by atoms with Gasteiger partial charge in [0.15, 0.2) is 5.60 Å². The van der Waals surface area contributed by atoms with Crippen molar-refractivity contribution in [2.75, 3.05) is 13.6 Å². The fourth-order valence-electron chi connectivity index (χ4n) is 3.34. The van der Waals surface area contributed by atoms with Gasteiger partial charge in [0, 0.05) is 43.5 Å². The molecule has 0 spiro atoms. The smallest absolute Gasteiger partial charge is 0.267 e. The Labute approximate surface area is 174 Å². The van der Waals surface area contributed by atoms with E-state index in [0.717, 1.165) is 11.1 Å². The quantitative estimate of drug-likeness (QED) is 0.657. The maximum atomic E-state index is 11.8. The molecule has 1 atom stereocenters. The van der Waals surface area contributed by atoms with E-state index >= 15 is 0 Å². The van der Waals surface area contributed by atoms with Gasteiger partial charge in [0.05, 0.1) is 17.1 Å². The van der Waals surface area contributed by atoms with Crippen molar-refractivity contribution in [2.45, 2.75) is 12.0 Å². The highest BCUT2D eigenvalue weighted by atomic mass is 16.3. The fraction of sp³-hybridized carbons (Fsp3) is 0.174. The molecule has 1 amide bonds. The van der Waals surface area contributed by atoms with Crippen molar-refractivity contribution in [3.05, 3.63) is 78.4 Å². The fourth-order valence-corrected chi connectivity index (χ4v) is 3.34. The average Bonchev–Trinajstić information content (AvgIpc) is 3.38. The van der Waals surface area contributed by atoms with Gasteiger partial charge < -0.3 is 15.7 Å². The summed E-state index contributed by atoms with van der Waals surface area (Å²) in [5.74, 6) is 5.38. The number of carbonyl (C=O) groups is 1. The Morgan fingerprint density at radius 3 is 2.80 bits per heavy atom. The van der Waals surface area contributed by atoms with Crippen LogP contribution in [-0.2, 0) is 0 Å². The number of hydrogen-bond acceptors (Lipinski definition) is 5. The van der Waals surface area contributed by atoms with Crippen molar-refractivity contribution in [3.63, 3.8) is 0 Å². The van der Waals surface area contributed by atoms with Crippen LogP contribution in [0.3, 0.4) is 0 Å². The molecule has 1 fully saturated rings. The monoisotopic (exact) mass is 399 g/mol. The minimum absolute atomic E-state index is 0.147. The molecule has 0 bridgehead atoms. The summed E-state index contributed by atoms with van der Waals surface area (Å²) >= 11 is 0. The second-order valence-electron chi connectivity index (χ2n) is 7.22. The van der Waals surface area contributed by atoms with E-state index in [-0.39, 0.29) is 5.69 Å². The molecule has 1 aliphatic heterocycles. The lowest BCUT2D eigenvalue weighted by molar-refractivity contribution is 0.0995. The number of likely N-dealkylation sites (N-methyl/N-ethyl adjacent to an activating group) is 1. The Kier molecular flexibility index (Phi) is 4.86. The molecule has 3 heterocycles. The van der Waals surface area contributed by atoms with Crippen molar-refractivity contribution in [3.8, 4) is 28.8 Å². The van der Waals surface area contributed by atoms with Crippen LogP contribution in [0.1, 0.15) is 22.5 Å². The summed E-state index contributed by atoms with van der Waals surface area (Å²) < 4.78 is 1.64. The third kappa shape index (κ3) is 3.69. The summed E-state index contributed by atoms with van der Waals surface area (Å²) in [6.45, 7) is 4.65. The molecule has 1 saturated heterocycles. The summed E-state index contributed by atoms with van der Waals surface area (Å²) in [5, 5.41) is 14.9. The molecule has 7 nitrogen and oxygen atoms in total. The number of likely N-dealkylation sites (tertiary alicyclic amines) is 1. The van der Waals surface area contributed by atoms with Crippen LogP contribution in [0.4, 0.5) is 0 Å². The zero-order valence-electron chi connectivity index (χ0n) is 16.5. The summed E-state index contributed by atoms with van der Waals surface area (Å²) in [6, 6.07) is 12.7. The van der Waals surface area contributed by atoms with Gasteiger partial charge in [0.2, 0.25) is 0 Å². The van der Waals surface area contributed by atoms with Gasteiger partial charge in [-0.1, -0.05) is 30.6 Å². The molecule has 4 rings (SSSR count). The molecule has 30 heavy (non-hydrogen) atoms. The Morgan fingerprint density at radius 2 is 2.13 bits per heavy atom. The van der Waals surface area contributed by atoms with Crippen LogP contribution in [0.2, 0.25) is 0 Å². The molecular formula is C23H21N5O2. The molecule has 150 valence electrons. The molecule has 0 saturated carbocycles. The number of nitrogens with two attached hydrogens (primary N) is 1. The van der Waals surface area contributed by atoms with Crippen LogP contribution >= 0.6 is 0 Å². The summed E-state index contributed by atoms with van der Waals surface area (Å²) in [5.41, 5.74) is 7.74. The zero-order chi connectivity index (χ0) is 21.3. The highest BCUT2D eigenvalue weighted by molar-refractivity contribution is 5.92. The first-order valence-electron chi connectivity index (χ1n) is 9.44. The minimum Gasteiger partial charge on any atom is -0.375 e. The first-order chi connectivity index (χ1) is 14.4. The van der Waals surface area contributed by atoms with Gasteiger partial charge in [-0.2, -0.15) is 5.10 Å². The number of nitrogens with zero attached hydrogens (tertiary/aromatic N) is 4. The highest BCUT2D eigenvalue weighted by Crippen LogP contribution is 2.29. The maximum Gasteiger partial charge on any atom is 0.267 e. The average molecular weight is 399 g/mol. The van der Waals surface area contributed by atoms with Crippen LogP contribution in [0.15, 0.2) is 67.1 Å². The zero-order valence-corrected chi connectivity index (χ0v) is 16.5. The second kappa shape index (κ2) is 7.50. The van der Waals surface area contributed by atoms with Crippen molar-refractivity contribution in [1.29, 1.82) is 0 Å². The van der Waals surface area contributed by atoms with Crippen molar-refractivity contribution >= 4 is 5.91 Å². The van der Waals surface area contributed by atoms with E-state index in [9.17, 15) is 9.90 Å². The lowest BCUT2D eigenvalue weighted by atomic mass is 10.00. The van der Waals surface area contributed by atoms with E-state index in [0.29, 0.717) is 30.0 Å². The van der Waals surface area contributed by atoms with E-state index in [4.69, 9.17) is 5.73 Å². The number of carbonyl (C=O) groups excluding carboxylic acids is 1. The number of primary amides is 1. The van der Waals surface area contributed by atoms with E-state index < -0.39 is 11.5 Å². The Bertz CT molecular complexity index is 1190. The lowest BCUT2D eigenvalue weighted by Crippen LogP contribution is -2.26. The van der Waals surface area contributed by atoms with Gasteiger partial charge in [-0.25, -0.2) is 9.67 Å². The molecule has 3 aromatic rings. The molecule has 0 aliphatic carbocycles. The van der Waals surface area contributed by atoms with Crippen LogP contribution in [0.25, 0.3) is 16.9 Å². The number of aromatic nitrogens is 3. The summed E-state index contributed by atoms with van der Waals surface area (Å²) in [4.78, 5) is 18.1. The summed E-state index contributed by atoms with van der Waals surface area (Å²) in [7, 11) is 1.89. The van der Waals surface area contributed by atoms with E-state index in [1.54, 1.807) is 29.2 Å². The molecule has 0 radical (unpaired) electrons. The maximum absolute atomic E-state index is 11.8. The van der Waals surface area contributed by atoms with Crippen molar-refractivity contribution in [1.82, 2.24) is 19.7 Å². The van der Waals surface area contributed by atoms with E-state index in [2.05, 4.69) is 28.5 Å². The lowest BCUT2D eigenvalue weighted by Gasteiger charge is -2.19. The van der Waals surface area contributed by atoms with E-state index in [1.165, 1.54) is 0 Å². The highest BCUT2D eigenvalue weighted by Gasteiger charge is 2.36. The number of hydrogen-bond donors (Lipinski definition) is 2. The first-order valence-corrected chi connectivity index (χ1v) is 9.44. The van der Waals surface area contributed by atoms with Crippen LogP contribution in [0.5, 0.6) is 0 Å². The van der Waals surface area contributed by atoms with Gasteiger partial charge in [-0.15, -0.1) is 0 Å². The minimum atomic E-state index is -1.22. The van der Waals surface area contributed by atoms with Gasteiger partial charge >= 0.3 is 0 Å². The Morgan fingerprint density at radius 1 is 1.30 bits per heavy atom. The molecular weight excluding hydrogens is 378 g/mol. The van der Waals surface area contributed by atoms with Gasteiger partial charge in [0.1, 0.15) is 5.69 Å². The van der Waals surface area contributed by atoms with Crippen molar-refractivity contribution in [2.24, 2.45) is 5.73 Å². The third-order valence-corrected chi connectivity index (χ3v) is 5.15. The Hall–Kier alpha value is -3.89. The summed E-state index contributed by atoms with van der Waals surface area (Å²) in [6.07, 6.45) is 3.95. The standard InChI is InChI=1S/C23H21N5O2/c1-16-23(30,9-12-27(16)2)8-7-17-5-3-6-18(13-17)20-14-19(28-11-4-10-25-28)15-21(26-20)22(24)29/h3-6,10-11,13-15,30H,1,9,12H2,2H3,(H2,24,29)/t23-/m0/s1. The molecule has 1 aliphatic rings. The molecule has 1 aromatic carbocycles. The van der Waals surface area contributed by atoms with Crippen LogP contribution < -0.4 is 5.73 Å². The van der Waals surface area contributed by atoms with Crippen molar-refractivity contribution < 1.29 is 9.90 Å².